The molecule has 3 aliphatic carbocycles. The Morgan fingerprint density at radius 1 is 0.905 bits per heavy atom. The van der Waals surface area contributed by atoms with Gasteiger partial charge in [0, 0.05) is 18.8 Å². The van der Waals surface area contributed by atoms with Crippen LogP contribution in [0.4, 0.5) is 0 Å². The number of hydrogen-bond acceptors (Lipinski definition) is 2. The molecule has 0 saturated carbocycles. The second-order valence-electron chi connectivity index (χ2n) is 5.73. The molecule has 0 fully saturated rings. The number of benzene rings is 2. The van der Waals surface area contributed by atoms with Crippen LogP contribution in [0.15, 0.2) is 48.5 Å². The van der Waals surface area contributed by atoms with Crippen LogP contribution < -0.4 is 0 Å². The van der Waals surface area contributed by atoms with Crippen molar-refractivity contribution >= 4 is 17.6 Å². The smallest absolute Gasteiger partial charge is 0.302 e. The number of rotatable bonds is 1. The zero-order valence-electron chi connectivity index (χ0n) is 11.6. The summed E-state index contributed by atoms with van der Waals surface area (Å²) in [6, 6.07) is 16.7. The van der Waals surface area contributed by atoms with E-state index < -0.39 is 0 Å². The monoisotopic (exact) mass is 298 g/mol. The van der Waals surface area contributed by atoms with Crippen molar-refractivity contribution in [1.82, 2.24) is 0 Å². The number of carbonyl (C=O) groups is 1. The lowest BCUT2D eigenvalue weighted by atomic mass is 9.62. The molecule has 21 heavy (non-hydrogen) atoms. The van der Waals surface area contributed by atoms with E-state index in [1.54, 1.807) is 0 Å². The molecule has 5 rings (SSSR count). The fourth-order valence-electron chi connectivity index (χ4n) is 3.88. The molecular weight excluding hydrogens is 284 g/mol. The van der Waals surface area contributed by atoms with Crippen molar-refractivity contribution in [1.29, 1.82) is 0 Å². The van der Waals surface area contributed by atoms with Crippen molar-refractivity contribution in [2.75, 3.05) is 0 Å². The minimum absolute atomic E-state index is 0.0359. The Balaban J connectivity index is 1.95. The van der Waals surface area contributed by atoms with E-state index in [1.807, 2.05) is 24.3 Å². The molecule has 2 aromatic rings. The van der Waals surface area contributed by atoms with Crippen molar-refractivity contribution in [3.05, 3.63) is 70.8 Å². The maximum Gasteiger partial charge on any atom is 0.302 e. The number of halogens is 1. The number of alkyl halides is 1. The summed E-state index contributed by atoms with van der Waals surface area (Å²) in [6.07, 6.45) is -0.293. The molecule has 106 valence electrons. The van der Waals surface area contributed by atoms with Crippen LogP contribution in [0.1, 0.15) is 41.0 Å². The molecule has 0 heterocycles. The molecule has 2 bridgehead atoms. The SMILES string of the molecule is CC(=O)OC1C2c3ccccc3C(c3ccccc32)C1Cl. The average molecular weight is 299 g/mol. The highest BCUT2D eigenvalue weighted by Gasteiger charge is 2.50. The Hall–Kier alpha value is -1.80. The fraction of sp³-hybridized carbons (Fsp3) is 0.278. The maximum atomic E-state index is 11.5. The van der Waals surface area contributed by atoms with Gasteiger partial charge in [-0.2, -0.15) is 0 Å². The lowest BCUT2D eigenvalue weighted by molar-refractivity contribution is -0.147. The largest absolute Gasteiger partial charge is 0.460 e. The summed E-state index contributed by atoms with van der Waals surface area (Å²) >= 11 is 6.70. The summed E-state index contributed by atoms with van der Waals surface area (Å²) in [5.74, 6) is -0.143. The first-order valence-corrected chi connectivity index (χ1v) is 7.61. The van der Waals surface area contributed by atoms with Crippen molar-refractivity contribution < 1.29 is 9.53 Å². The van der Waals surface area contributed by atoms with Gasteiger partial charge >= 0.3 is 5.97 Å². The summed E-state index contributed by atoms with van der Waals surface area (Å²) < 4.78 is 5.58. The van der Waals surface area contributed by atoms with Crippen molar-refractivity contribution in [3.63, 3.8) is 0 Å². The van der Waals surface area contributed by atoms with Gasteiger partial charge in [-0.1, -0.05) is 48.5 Å². The van der Waals surface area contributed by atoms with Crippen LogP contribution in [0.5, 0.6) is 0 Å². The van der Waals surface area contributed by atoms with Crippen LogP contribution in [0.2, 0.25) is 0 Å². The molecule has 3 aliphatic rings. The van der Waals surface area contributed by atoms with Gasteiger partial charge < -0.3 is 4.74 Å². The molecule has 3 heteroatoms. The van der Waals surface area contributed by atoms with Gasteiger partial charge in [0.15, 0.2) is 0 Å². The van der Waals surface area contributed by atoms with Crippen LogP contribution in [0, 0.1) is 0 Å². The highest BCUT2D eigenvalue weighted by molar-refractivity contribution is 6.22. The molecule has 0 amide bonds. The Bertz CT molecular complexity index is 677. The van der Waals surface area contributed by atoms with Crippen molar-refractivity contribution in [2.24, 2.45) is 0 Å². The van der Waals surface area contributed by atoms with Gasteiger partial charge in [-0.15, -0.1) is 11.6 Å². The summed E-state index contributed by atoms with van der Waals surface area (Å²) in [5, 5.41) is -0.219. The molecular formula is C18H15ClO2. The molecule has 0 N–H and O–H groups in total. The molecule has 0 spiro atoms. The molecule has 0 aromatic heterocycles. The first-order chi connectivity index (χ1) is 10.2. The van der Waals surface area contributed by atoms with E-state index in [1.165, 1.54) is 29.2 Å². The van der Waals surface area contributed by atoms with E-state index in [9.17, 15) is 4.79 Å². The van der Waals surface area contributed by atoms with E-state index in [-0.39, 0.29) is 29.3 Å². The van der Waals surface area contributed by atoms with Crippen LogP contribution in [-0.4, -0.2) is 17.5 Å². The van der Waals surface area contributed by atoms with Gasteiger partial charge in [-0.05, 0) is 22.3 Å². The Labute approximate surface area is 128 Å². The highest BCUT2D eigenvalue weighted by Crippen LogP contribution is 2.55. The number of esters is 1. The third kappa shape index (κ3) is 1.75. The molecule has 2 nitrogen and oxygen atoms in total. The zero-order chi connectivity index (χ0) is 14.6. The predicted octanol–water partition coefficient (Wildman–Crippen LogP) is 3.82. The van der Waals surface area contributed by atoms with Gasteiger partial charge in [0.1, 0.15) is 6.10 Å². The average Bonchev–Trinajstić information content (AvgIpc) is 2.49. The Morgan fingerprint density at radius 2 is 1.33 bits per heavy atom. The molecule has 2 aromatic carbocycles. The summed E-state index contributed by atoms with van der Waals surface area (Å²) in [7, 11) is 0. The number of fused-ring (bicyclic) bond motifs is 1. The number of hydrogen-bond donors (Lipinski definition) is 0. The van der Waals surface area contributed by atoms with E-state index in [0.29, 0.717) is 0 Å². The maximum absolute atomic E-state index is 11.5. The lowest BCUT2D eigenvalue weighted by Crippen LogP contribution is -2.46. The van der Waals surface area contributed by atoms with E-state index in [2.05, 4.69) is 24.3 Å². The Kier molecular flexibility index (Phi) is 2.83. The standard InChI is InChI=1S/C18H15ClO2/c1-10(20)21-18-16-13-8-4-2-6-11(13)15(17(18)19)12-7-3-5-9-14(12)16/h2-9,15-18H,1H3. The summed E-state index contributed by atoms with van der Waals surface area (Å²) in [6.45, 7) is 1.45. The van der Waals surface area contributed by atoms with Crippen LogP contribution in [-0.2, 0) is 9.53 Å². The quantitative estimate of drug-likeness (QED) is 0.591. The van der Waals surface area contributed by atoms with Crippen molar-refractivity contribution in [2.45, 2.75) is 30.2 Å². The van der Waals surface area contributed by atoms with Gasteiger partial charge in [0.2, 0.25) is 0 Å². The molecule has 2 atom stereocenters. The minimum atomic E-state index is -0.293. The van der Waals surface area contributed by atoms with Crippen molar-refractivity contribution in [3.8, 4) is 0 Å². The summed E-state index contributed by atoms with van der Waals surface area (Å²) in [5.41, 5.74) is 5.02. The van der Waals surface area contributed by atoms with Gasteiger partial charge in [0.25, 0.3) is 0 Å². The van der Waals surface area contributed by atoms with E-state index >= 15 is 0 Å². The highest BCUT2D eigenvalue weighted by atomic mass is 35.5. The third-order valence-corrected chi connectivity index (χ3v) is 5.10. The normalized spacial score (nSPS) is 28.7. The Morgan fingerprint density at radius 3 is 1.76 bits per heavy atom. The predicted molar refractivity (Wildman–Crippen MR) is 81.8 cm³/mol. The topological polar surface area (TPSA) is 26.3 Å². The lowest BCUT2D eigenvalue weighted by Gasteiger charge is -2.47. The minimum Gasteiger partial charge on any atom is -0.460 e. The van der Waals surface area contributed by atoms with E-state index in [0.717, 1.165) is 0 Å². The first-order valence-electron chi connectivity index (χ1n) is 7.17. The molecule has 0 saturated heterocycles. The van der Waals surface area contributed by atoms with Crippen LogP contribution in [0.3, 0.4) is 0 Å². The zero-order valence-corrected chi connectivity index (χ0v) is 12.4. The van der Waals surface area contributed by atoms with Crippen LogP contribution in [0.25, 0.3) is 0 Å². The fourth-order valence-corrected chi connectivity index (χ4v) is 4.35. The molecule has 2 unspecified atom stereocenters. The number of carbonyl (C=O) groups excluding carboxylic acids is 1. The van der Waals surface area contributed by atoms with Gasteiger partial charge in [-0.25, -0.2) is 0 Å². The summed E-state index contributed by atoms with van der Waals surface area (Å²) in [4.78, 5) is 11.5. The first kappa shape index (κ1) is 12.9. The second-order valence-corrected chi connectivity index (χ2v) is 6.24. The van der Waals surface area contributed by atoms with Gasteiger partial charge in [-0.3, -0.25) is 4.79 Å². The van der Waals surface area contributed by atoms with Gasteiger partial charge in [0.05, 0.1) is 5.38 Å². The number of ether oxygens (including phenoxy) is 1. The third-order valence-electron chi connectivity index (χ3n) is 4.60. The van der Waals surface area contributed by atoms with Crippen LogP contribution >= 0.6 is 11.6 Å². The molecule has 0 radical (unpaired) electrons. The van der Waals surface area contributed by atoms with E-state index in [4.69, 9.17) is 16.3 Å². The second kappa shape index (κ2) is 4.60. The molecule has 0 aliphatic heterocycles.